The predicted molar refractivity (Wildman–Crippen MR) is 78.7 cm³/mol. The minimum Gasteiger partial charge on any atom is -0.383 e. The molecule has 0 spiro atoms. The van der Waals surface area contributed by atoms with Crippen LogP contribution in [0.4, 0.5) is 0 Å². The summed E-state index contributed by atoms with van der Waals surface area (Å²) >= 11 is 0. The van der Waals surface area contributed by atoms with Crippen LogP contribution in [-0.4, -0.2) is 49.1 Å². The summed E-state index contributed by atoms with van der Waals surface area (Å²) in [6.07, 6.45) is 6.69. The fraction of sp³-hybridized carbons (Fsp3) is 0.750. The molecule has 0 bridgehead atoms. The van der Waals surface area contributed by atoms with E-state index < -0.39 is 0 Å². The molecule has 0 saturated heterocycles. The molecule has 21 heavy (non-hydrogen) atoms. The summed E-state index contributed by atoms with van der Waals surface area (Å²) in [6.45, 7) is 1.17. The van der Waals surface area contributed by atoms with Crippen molar-refractivity contribution in [3.05, 3.63) is 11.1 Å². The van der Waals surface area contributed by atoms with Crippen LogP contribution in [-0.2, 0) is 14.3 Å². The number of carbonyl (C=O) groups excluding carboxylic acids is 2. The van der Waals surface area contributed by atoms with Gasteiger partial charge in [-0.3, -0.25) is 9.59 Å². The van der Waals surface area contributed by atoms with Gasteiger partial charge in [0.15, 0.2) is 0 Å². The summed E-state index contributed by atoms with van der Waals surface area (Å²) in [5, 5.41) is 2.99. The van der Waals surface area contributed by atoms with Gasteiger partial charge in [-0.25, -0.2) is 0 Å². The molecule has 2 fully saturated rings. The second kappa shape index (κ2) is 6.18. The van der Waals surface area contributed by atoms with E-state index in [4.69, 9.17) is 4.74 Å². The van der Waals surface area contributed by atoms with Crippen molar-refractivity contribution in [2.45, 2.75) is 57.0 Å². The summed E-state index contributed by atoms with van der Waals surface area (Å²) in [5.41, 5.74) is 1.97. The maximum absolute atomic E-state index is 12.6. The normalized spacial score (nSPS) is 25.3. The molecule has 5 nitrogen and oxygen atoms in total. The Morgan fingerprint density at radius 1 is 1.33 bits per heavy atom. The third-order valence-electron chi connectivity index (χ3n) is 4.67. The maximum atomic E-state index is 12.6. The Kier molecular flexibility index (Phi) is 4.29. The van der Waals surface area contributed by atoms with Crippen LogP contribution in [0.15, 0.2) is 11.1 Å². The Bertz CT molecular complexity index is 468. The third-order valence-corrected chi connectivity index (χ3v) is 4.67. The van der Waals surface area contributed by atoms with Gasteiger partial charge in [0.25, 0.3) is 5.91 Å². The molecule has 3 rings (SSSR count). The van der Waals surface area contributed by atoms with Crippen molar-refractivity contribution in [1.29, 1.82) is 0 Å². The molecule has 3 aliphatic rings. The van der Waals surface area contributed by atoms with E-state index in [-0.39, 0.29) is 24.3 Å². The van der Waals surface area contributed by atoms with E-state index in [1.165, 1.54) is 5.57 Å². The molecule has 1 aliphatic heterocycles. The van der Waals surface area contributed by atoms with Crippen molar-refractivity contribution in [1.82, 2.24) is 10.2 Å². The number of hydrogen-bond acceptors (Lipinski definition) is 3. The van der Waals surface area contributed by atoms with Crippen molar-refractivity contribution < 1.29 is 14.3 Å². The van der Waals surface area contributed by atoms with E-state index in [2.05, 4.69) is 5.32 Å². The summed E-state index contributed by atoms with van der Waals surface area (Å²) in [5.74, 6) is 0.0613. The van der Waals surface area contributed by atoms with Crippen molar-refractivity contribution in [3.63, 3.8) is 0 Å². The highest BCUT2D eigenvalue weighted by Gasteiger charge is 2.40. The molecule has 0 aromatic rings. The fourth-order valence-electron chi connectivity index (χ4n) is 3.45. The van der Waals surface area contributed by atoms with Gasteiger partial charge in [0.05, 0.1) is 19.1 Å². The number of amides is 2. The summed E-state index contributed by atoms with van der Waals surface area (Å²) in [4.78, 5) is 26.6. The number of nitrogens with one attached hydrogen (secondary N) is 1. The van der Waals surface area contributed by atoms with Gasteiger partial charge in [-0.15, -0.1) is 0 Å². The lowest BCUT2D eigenvalue weighted by molar-refractivity contribution is -0.129. The molecule has 2 saturated carbocycles. The van der Waals surface area contributed by atoms with Crippen LogP contribution in [0, 0.1) is 0 Å². The molecule has 0 aromatic carbocycles. The van der Waals surface area contributed by atoms with E-state index in [0.29, 0.717) is 19.2 Å². The van der Waals surface area contributed by atoms with Crippen LogP contribution in [0.5, 0.6) is 0 Å². The Morgan fingerprint density at radius 3 is 2.86 bits per heavy atom. The quantitative estimate of drug-likeness (QED) is 0.804. The number of nitrogens with zero attached hydrogens (tertiary/aromatic N) is 1. The molecule has 0 aromatic heterocycles. The van der Waals surface area contributed by atoms with Crippen LogP contribution in [0.1, 0.15) is 44.9 Å². The first kappa shape index (κ1) is 14.6. The first-order valence-electron chi connectivity index (χ1n) is 8.02. The first-order chi connectivity index (χ1) is 10.2. The number of hydrogen-bond donors (Lipinski definition) is 1. The van der Waals surface area contributed by atoms with E-state index in [0.717, 1.165) is 44.1 Å². The molecule has 5 heteroatoms. The Morgan fingerprint density at radius 2 is 2.14 bits per heavy atom. The molecule has 116 valence electrons. The van der Waals surface area contributed by atoms with Crippen LogP contribution < -0.4 is 5.32 Å². The molecule has 1 N–H and O–H groups in total. The number of methoxy groups -OCH3 is 1. The number of fused-ring (bicyclic) bond motifs is 1. The van der Waals surface area contributed by atoms with Gasteiger partial charge >= 0.3 is 0 Å². The van der Waals surface area contributed by atoms with Gasteiger partial charge in [0.2, 0.25) is 5.91 Å². The van der Waals surface area contributed by atoms with E-state index in [1.54, 1.807) is 7.11 Å². The zero-order valence-electron chi connectivity index (χ0n) is 12.7. The van der Waals surface area contributed by atoms with Gasteiger partial charge in [-0.05, 0) is 37.7 Å². The Balaban J connectivity index is 1.72. The molecule has 1 unspecified atom stereocenters. The maximum Gasteiger partial charge on any atom is 0.250 e. The van der Waals surface area contributed by atoms with Crippen molar-refractivity contribution in [3.8, 4) is 0 Å². The van der Waals surface area contributed by atoms with Gasteiger partial charge < -0.3 is 15.0 Å². The molecular formula is C16H24N2O3. The molecule has 1 atom stereocenters. The SMILES string of the molecule is COCCN1C(=O)C(CC(=O)NC2CC2)=C2CCCCC21. The van der Waals surface area contributed by atoms with Gasteiger partial charge in [-0.1, -0.05) is 6.42 Å². The van der Waals surface area contributed by atoms with Crippen molar-refractivity contribution in [2.75, 3.05) is 20.3 Å². The summed E-state index contributed by atoms with van der Waals surface area (Å²) in [6, 6.07) is 0.566. The first-order valence-corrected chi connectivity index (χ1v) is 8.02. The highest BCUT2D eigenvalue weighted by atomic mass is 16.5. The van der Waals surface area contributed by atoms with E-state index >= 15 is 0 Å². The second-order valence-electron chi connectivity index (χ2n) is 6.28. The lowest BCUT2D eigenvalue weighted by Gasteiger charge is -2.29. The van der Waals surface area contributed by atoms with Gasteiger partial charge in [-0.2, -0.15) is 0 Å². The lowest BCUT2D eigenvalue weighted by Crippen LogP contribution is -2.39. The minimum atomic E-state index is 0.00580. The van der Waals surface area contributed by atoms with E-state index in [9.17, 15) is 9.59 Å². The highest BCUT2D eigenvalue weighted by molar-refractivity contribution is 6.02. The fourth-order valence-corrected chi connectivity index (χ4v) is 3.45. The highest BCUT2D eigenvalue weighted by Crippen LogP contribution is 2.37. The monoisotopic (exact) mass is 292 g/mol. The molecular weight excluding hydrogens is 268 g/mol. The zero-order chi connectivity index (χ0) is 14.8. The summed E-state index contributed by atoms with van der Waals surface area (Å²) in [7, 11) is 1.65. The minimum absolute atomic E-state index is 0.00580. The second-order valence-corrected chi connectivity index (χ2v) is 6.28. The standard InChI is InChI=1S/C16H24N2O3/c1-21-9-8-18-14-5-3-2-4-12(14)13(16(18)20)10-15(19)17-11-6-7-11/h11,14H,2-10H2,1H3,(H,17,19). The molecule has 2 amide bonds. The van der Waals surface area contributed by atoms with E-state index in [1.807, 2.05) is 4.90 Å². The van der Waals surface area contributed by atoms with Crippen LogP contribution in [0.25, 0.3) is 0 Å². The van der Waals surface area contributed by atoms with Crippen LogP contribution in [0.3, 0.4) is 0 Å². The number of rotatable bonds is 6. The molecule has 0 radical (unpaired) electrons. The van der Waals surface area contributed by atoms with Crippen LogP contribution in [0.2, 0.25) is 0 Å². The zero-order valence-corrected chi connectivity index (χ0v) is 12.7. The molecule has 1 heterocycles. The van der Waals surface area contributed by atoms with Crippen LogP contribution >= 0.6 is 0 Å². The molecule has 2 aliphatic carbocycles. The summed E-state index contributed by atoms with van der Waals surface area (Å²) < 4.78 is 5.12. The van der Waals surface area contributed by atoms with Crippen molar-refractivity contribution in [2.24, 2.45) is 0 Å². The average molecular weight is 292 g/mol. The number of ether oxygens (including phenoxy) is 1. The van der Waals surface area contributed by atoms with Gasteiger partial charge in [0, 0.05) is 25.3 Å². The Labute approximate surface area is 125 Å². The third kappa shape index (κ3) is 3.12. The smallest absolute Gasteiger partial charge is 0.250 e. The van der Waals surface area contributed by atoms with Gasteiger partial charge in [0.1, 0.15) is 0 Å². The predicted octanol–water partition coefficient (Wildman–Crippen LogP) is 1.38. The Hall–Kier alpha value is -1.36. The lowest BCUT2D eigenvalue weighted by atomic mass is 9.88. The average Bonchev–Trinajstić information content (AvgIpc) is 3.25. The topological polar surface area (TPSA) is 58.6 Å². The largest absolute Gasteiger partial charge is 0.383 e. The van der Waals surface area contributed by atoms with Crippen molar-refractivity contribution >= 4 is 11.8 Å². The number of carbonyl (C=O) groups is 2.